The topological polar surface area (TPSA) is 184 Å². The first-order valence-corrected chi connectivity index (χ1v) is 24.5. The zero-order valence-corrected chi connectivity index (χ0v) is 40.4. The molecule has 0 radical (unpaired) electrons. The summed E-state index contributed by atoms with van der Waals surface area (Å²) in [6.45, 7) is 2.65. The molecular weight excluding hydrogens is 913 g/mol. The number of rotatable bonds is 13. The molecule has 1 spiro atoms. The number of allylic oxidation sites excluding steroid dienone is 2. The number of para-hydroxylation sites is 1. The minimum atomic E-state index is -2.20. The highest BCUT2D eigenvalue weighted by Gasteiger charge is 2.76. The van der Waals surface area contributed by atoms with E-state index in [1.807, 2.05) is 65.6 Å². The van der Waals surface area contributed by atoms with Gasteiger partial charge in [0.2, 0.25) is 11.8 Å². The van der Waals surface area contributed by atoms with Gasteiger partial charge < -0.3 is 35.1 Å². The Bertz CT molecular complexity index is 2920. The fourth-order valence-corrected chi connectivity index (χ4v) is 11.0. The quantitative estimate of drug-likeness (QED) is 0.0685. The van der Waals surface area contributed by atoms with Crippen LogP contribution in [0.4, 0.5) is 10.5 Å². The van der Waals surface area contributed by atoms with Crippen molar-refractivity contribution in [3.63, 3.8) is 0 Å². The van der Waals surface area contributed by atoms with Crippen molar-refractivity contribution in [3.05, 3.63) is 178 Å². The van der Waals surface area contributed by atoms with Gasteiger partial charge in [-0.15, -0.1) is 0 Å². The summed E-state index contributed by atoms with van der Waals surface area (Å²) in [4.78, 5) is 79.5. The van der Waals surface area contributed by atoms with Gasteiger partial charge in [0.05, 0.1) is 43.5 Å². The van der Waals surface area contributed by atoms with E-state index in [1.165, 1.54) is 7.11 Å². The summed E-state index contributed by atoms with van der Waals surface area (Å²) < 4.78 is 18.0. The van der Waals surface area contributed by atoms with Crippen molar-refractivity contribution in [2.24, 2.45) is 11.8 Å². The second-order valence-corrected chi connectivity index (χ2v) is 18.8. The molecular formula is C58H58N4O10. The lowest BCUT2D eigenvalue weighted by molar-refractivity contribution is -0.178. The molecule has 8 atom stereocenters. The molecule has 0 saturated carbocycles. The molecule has 1 aliphatic carbocycles. The molecule has 2 saturated heterocycles. The van der Waals surface area contributed by atoms with E-state index in [-0.39, 0.29) is 36.8 Å². The molecule has 0 unspecified atom stereocenters. The SMILES string of the molecule is COC(=O)[C@@H](NC(=O)N1C(=O)[C@@]2(c3cc(C#CC4=CCCCC4)ccc31)[C@H](c1ccccc1OCCO)N1[C@H](c3ccccc3)[C@H](c3ccccc3)OC(=O)[C@H]1[C@@H]2C(=O)NC[C@H](O)c1ccccc1)C(C)C. The fourth-order valence-electron chi connectivity index (χ4n) is 11.0. The Balaban J connectivity index is 1.35. The van der Waals surface area contributed by atoms with Crippen LogP contribution in [0.25, 0.3) is 0 Å². The maximum Gasteiger partial charge on any atom is 0.329 e. The van der Waals surface area contributed by atoms with E-state index in [2.05, 4.69) is 28.6 Å². The van der Waals surface area contributed by atoms with Crippen LogP contribution < -0.4 is 20.3 Å². The Morgan fingerprint density at radius 1 is 0.847 bits per heavy atom. The molecule has 3 aliphatic heterocycles. The molecule has 4 amide bonds. The van der Waals surface area contributed by atoms with Crippen LogP contribution in [-0.2, 0) is 34.1 Å². The zero-order chi connectivity index (χ0) is 50.5. The van der Waals surface area contributed by atoms with Crippen molar-refractivity contribution >= 4 is 35.5 Å². The third-order valence-corrected chi connectivity index (χ3v) is 14.2. The molecule has 5 aromatic carbocycles. The molecule has 370 valence electrons. The van der Waals surface area contributed by atoms with Gasteiger partial charge in [-0.1, -0.05) is 141 Å². The first-order valence-electron chi connectivity index (χ1n) is 24.5. The number of methoxy groups -OCH3 is 1. The number of carbonyl (C=O) groups excluding carboxylic acids is 5. The predicted molar refractivity (Wildman–Crippen MR) is 268 cm³/mol. The molecule has 0 bridgehead atoms. The number of ether oxygens (including phenoxy) is 3. The number of hydrogen-bond donors (Lipinski definition) is 4. The zero-order valence-electron chi connectivity index (χ0n) is 40.4. The summed E-state index contributed by atoms with van der Waals surface area (Å²) in [7, 11) is 1.21. The highest BCUT2D eigenvalue weighted by Crippen LogP contribution is 2.66. The number of nitrogens with one attached hydrogen (secondary N) is 2. The summed E-state index contributed by atoms with van der Waals surface area (Å²) in [5.41, 5.74) is 1.78. The number of fused-ring (bicyclic) bond motifs is 3. The number of urea groups is 1. The number of cyclic esters (lactones) is 1. The lowest BCUT2D eigenvalue weighted by atomic mass is 9.65. The number of morpholine rings is 1. The van der Waals surface area contributed by atoms with Gasteiger partial charge in [0.25, 0.3) is 0 Å². The number of esters is 2. The Labute approximate surface area is 419 Å². The number of amides is 4. The summed E-state index contributed by atoms with van der Waals surface area (Å²) in [6, 6.07) is 33.5. The Hall–Kier alpha value is -7.57. The molecule has 72 heavy (non-hydrogen) atoms. The number of imide groups is 1. The van der Waals surface area contributed by atoms with Gasteiger partial charge >= 0.3 is 18.0 Å². The predicted octanol–water partition coefficient (Wildman–Crippen LogP) is 7.33. The van der Waals surface area contributed by atoms with Crippen molar-refractivity contribution in [2.75, 3.05) is 31.8 Å². The standard InChI is InChI=1S/C58H58N4O10/c1-36(2)48(54(66)70-3)60-57(69)61-44-31-30-38(29-28-37-18-8-4-9-19-37)34-43(44)58(56(61)68)47(53(65)59-35-45(64)39-20-10-5-11-21-39)50-55(67)72-51(41-24-14-7-15-25-41)49(40-22-12-6-13-23-40)62(50)52(58)42-26-16-17-27-46(42)71-33-32-63/h5-7,10-18,20-27,30-31,34,36,45,47-52,63-64H,4,8-9,19,32-33,35H2,1-3H3,(H,59,65)(H,60,69)/t45-,47+,48-,49+,50+,51-,52-,58+/m0/s1. The third kappa shape index (κ3) is 9.15. The van der Waals surface area contributed by atoms with Gasteiger partial charge in [-0.3, -0.25) is 19.3 Å². The van der Waals surface area contributed by atoms with Crippen LogP contribution in [0.1, 0.15) is 97.2 Å². The number of aliphatic hydroxyl groups excluding tert-OH is 2. The monoisotopic (exact) mass is 970 g/mol. The number of anilines is 1. The van der Waals surface area contributed by atoms with Crippen LogP contribution in [0.15, 0.2) is 145 Å². The van der Waals surface area contributed by atoms with E-state index in [0.717, 1.165) is 36.2 Å². The molecule has 4 N–H and O–H groups in total. The minimum Gasteiger partial charge on any atom is -0.491 e. The number of nitrogens with zero attached hydrogens (tertiary/aromatic N) is 2. The van der Waals surface area contributed by atoms with Gasteiger partial charge in [-0.05, 0) is 83.7 Å². The normalized spacial score (nSPS) is 23.2. The number of benzene rings is 5. The van der Waals surface area contributed by atoms with E-state index >= 15 is 19.2 Å². The van der Waals surface area contributed by atoms with E-state index < -0.39 is 83.4 Å². The van der Waals surface area contributed by atoms with Crippen LogP contribution in [0.2, 0.25) is 0 Å². The van der Waals surface area contributed by atoms with E-state index in [0.29, 0.717) is 27.8 Å². The maximum absolute atomic E-state index is 16.8. The molecule has 0 aromatic heterocycles. The van der Waals surface area contributed by atoms with Crippen molar-refractivity contribution in [3.8, 4) is 17.6 Å². The molecule has 5 aromatic rings. The number of aliphatic hydroxyl groups is 2. The van der Waals surface area contributed by atoms with Crippen molar-refractivity contribution in [2.45, 2.75) is 81.3 Å². The first kappa shape index (κ1) is 49.4. The van der Waals surface area contributed by atoms with Crippen molar-refractivity contribution in [1.82, 2.24) is 15.5 Å². The minimum absolute atomic E-state index is 0.0947. The fraction of sp³-hybridized carbons (Fsp3) is 0.328. The summed E-state index contributed by atoms with van der Waals surface area (Å²) in [5.74, 6) is 1.53. The van der Waals surface area contributed by atoms with Gasteiger partial charge in [0.15, 0.2) is 0 Å². The number of carbonyl (C=O) groups is 5. The molecule has 14 nitrogen and oxygen atoms in total. The lowest BCUT2D eigenvalue weighted by Crippen LogP contribution is -2.58. The largest absolute Gasteiger partial charge is 0.491 e. The first-order chi connectivity index (χ1) is 35.0. The highest BCUT2D eigenvalue weighted by molar-refractivity contribution is 6.25. The van der Waals surface area contributed by atoms with Gasteiger partial charge in [0.1, 0.15) is 36.0 Å². The van der Waals surface area contributed by atoms with E-state index in [9.17, 15) is 15.0 Å². The molecule has 2 fully saturated rings. The van der Waals surface area contributed by atoms with E-state index in [4.69, 9.17) is 14.2 Å². The van der Waals surface area contributed by atoms with Crippen LogP contribution in [0, 0.1) is 23.7 Å². The molecule has 3 heterocycles. The highest BCUT2D eigenvalue weighted by atomic mass is 16.6. The molecule has 4 aliphatic rings. The van der Waals surface area contributed by atoms with Gasteiger partial charge in [-0.2, -0.15) is 0 Å². The van der Waals surface area contributed by atoms with Crippen molar-refractivity contribution < 1.29 is 48.4 Å². The van der Waals surface area contributed by atoms with Gasteiger partial charge in [-0.25, -0.2) is 14.5 Å². The van der Waals surface area contributed by atoms with Crippen LogP contribution in [0.3, 0.4) is 0 Å². The molecule has 14 heteroatoms. The smallest absolute Gasteiger partial charge is 0.329 e. The second-order valence-electron chi connectivity index (χ2n) is 18.8. The van der Waals surface area contributed by atoms with Crippen LogP contribution in [-0.4, -0.2) is 83.8 Å². The molecule has 9 rings (SSSR count). The summed E-state index contributed by atoms with van der Waals surface area (Å²) in [6.07, 6.45) is 3.68. The number of hydrogen-bond acceptors (Lipinski definition) is 11. The maximum atomic E-state index is 16.8. The third-order valence-electron chi connectivity index (χ3n) is 14.2. The Morgan fingerprint density at radius 2 is 1.53 bits per heavy atom. The van der Waals surface area contributed by atoms with Crippen LogP contribution in [0.5, 0.6) is 5.75 Å². The van der Waals surface area contributed by atoms with Gasteiger partial charge in [0, 0.05) is 17.7 Å². The average molecular weight is 971 g/mol. The summed E-state index contributed by atoms with van der Waals surface area (Å²) in [5, 5.41) is 27.4. The Kier molecular flexibility index (Phi) is 14.7. The van der Waals surface area contributed by atoms with Crippen LogP contribution >= 0.6 is 0 Å². The second kappa shape index (κ2) is 21.4. The average Bonchev–Trinajstić information content (AvgIpc) is 3.87. The van der Waals surface area contributed by atoms with E-state index in [1.54, 1.807) is 86.6 Å². The van der Waals surface area contributed by atoms with Crippen molar-refractivity contribution in [1.29, 1.82) is 0 Å². The summed E-state index contributed by atoms with van der Waals surface area (Å²) >= 11 is 0. The lowest BCUT2D eigenvalue weighted by Gasteiger charge is -2.46. The Morgan fingerprint density at radius 3 is 2.19 bits per heavy atom.